The van der Waals surface area contributed by atoms with Crippen molar-refractivity contribution in [1.29, 1.82) is 0 Å². The maximum Gasteiger partial charge on any atom is 0.214 e. The maximum absolute atomic E-state index is 12.4. The highest BCUT2D eigenvalue weighted by molar-refractivity contribution is 7.90. The third-order valence-corrected chi connectivity index (χ3v) is 8.21. The molecule has 1 N–H and O–H groups in total. The Kier molecular flexibility index (Phi) is 3.54. The van der Waals surface area contributed by atoms with Crippen molar-refractivity contribution in [2.75, 3.05) is 0 Å². The predicted octanol–water partition coefficient (Wildman–Crippen LogP) is 3.56. The van der Waals surface area contributed by atoms with Crippen LogP contribution in [0.25, 0.3) is 0 Å². The molecule has 2 unspecified atom stereocenters. The van der Waals surface area contributed by atoms with Crippen molar-refractivity contribution in [3.63, 3.8) is 0 Å². The van der Waals surface area contributed by atoms with E-state index in [2.05, 4.69) is 25.5 Å². The molecule has 122 valence electrons. The number of rotatable bonds is 3. The second kappa shape index (κ2) is 4.70. The minimum absolute atomic E-state index is 0.124. The Hall–Kier alpha value is -0.0900. The Morgan fingerprint density at radius 3 is 2.00 bits per heavy atom. The van der Waals surface area contributed by atoms with Gasteiger partial charge in [0.1, 0.15) is 0 Å². The zero-order valence-electron chi connectivity index (χ0n) is 14.1. The molecule has 2 atom stereocenters. The Morgan fingerprint density at radius 2 is 1.57 bits per heavy atom. The largest absolute Gasteiger partial charge is 0.214 e. The van der Waals surface area contributed by atoms with Gasteiger partial charge < -0.3 is 0 Å². The summed E-state index contributed by atoms with van der Waals surface area (Å²) in [4.78, 5) is 0. The van der Waals surface area contributed by atoms with Crippen molar-refractivity contribution in [3.05, 3.63) is 0 Å². The van der Waals surface area contributed by atoms with Gasteiger partial charge >= 0.3 is 0 Å². The van der Waals surface area contributed by atoms with Crippen LogP contribution >= 0.6 is 0 Å². The first-order valence-corrected chi connectivity index (χ1v) is 10.1. The molecule has 0 aromatic heterocycles. The van der Waals surface area contributed by atoms with Gasteiger partial charge in [0.2, 0.25) is 10.0 Å². The summed E-state index contributed by atoms with van der Waals surface area (Å²) in [5.74, 6) is 2.94. The van der Waals surface area contributed by atoms with Crippen LogP contribution in [0.1, 0.15) is 66.7 Å². The van der Waals surface area contributed by atoms with Crippen LogP contribution in [0.15, 0.2) is 0 Å². The number of hydrogen-bond donors (Lipinski definition) is 1. The molecule has 4 aliphatic rings. The summed E-state index contributed by atoms with van der Waals surface area (Å²) in [5.41, 5.74) is 0.224. The van der Waals surface area contributed by atoms with E-state index in [1.165, 1.54) is 12.8 Å². The van der Waals surface area contributed by atoms with E-state index in [-0.39, 0.29) is 10.8 Å². The molecule has 4 saturated carbocycles. The van der Waals surface area contributed by atoms with Crippen molar-refractivity contribution in [2.24, 2.45) is 29.1 Å². The third-order valence-electron chi connectivity index (χ3n) is 6.25. The van der Waals surface area contributed by atoms with Crippen molar-refractivity contribution in [1.82, 2.24) is 4.72 Å². The molecule has 21 heavy (non-hydrogen) atoms. The van der Waals surface area contributed by atoms with E-state index in [9.17, 15) is 8.42 Å². The first kappa shape index (κ1) is 15.8. The molecule has 0 heterocycles. The molecule has 0 spiro atoms. The molecule has 4 rings (SSSR count). The van der Waals surface area contributed by atoms with Crippen LogP contribution in [-0.2, 0) is 10.0 Å². The van der Waals surface area contributed by atoms with E-state index in [1.54, 1.807) is 13.8 Å². The molecule has 3 nitrogen and oxygen atoms in total. The van der Waals surface area contributed by atoms with Gasteiger partial charge in [-0.25, -0.2) is 13.1 Å². The average molecular weight is 314 g/mol. The molecule has 0 aliphatic heterocycles. The van der Waals surface area contributed by atoms with Gasteiger partial charge in [0.05, 0.1) is 5.25 Å². The molecular formula is C17H31NO2S. The van der Waals surface area contributed by atoms with E-state index < -0.39 is 10.0 Å². The van der Waals surface area contributed by atoms with Crippen LogP contribution in [0.3, 0.4) is 0 Å². The summed E-state index contributed by atoms with van der Waals surface area (Å²) in [7, 11) is -3.16. The van der Waals surface area contributed by atoms with E-state index in [4.69, 9.17) is 0 Å². The van der Waals surface area contributed by atoms with Crippen molar-refractivity contribution >= 4 is 10.0 Å². The zero-order valence-corrected chi connectivity index (χ0v) is 15.0. The third kappa shape index (κ3) is 2.67. The summed E-state index contributed by atoms with van der Waals surface area (Å²) < 4.78 is 27.9. The van der Waals surface area contributed by atoms with E-state index in [1.807, 2.05) is 0 Å². The lowest BCUT2D eigenvalue weighted by Crippen LogP contribution is -2.64. The van der Waals surface area contributed by atoms with Crippen LogP contribution in [0.5, 0.6) is 0 Å². The fourth-order valence-corrected chi connectivity index (χ4v) is 7.07. The average Bonchev–Trinajstić information content (AvgIpc) is 2.22. The second-order valence-corrected chi connectivity index (χ2v) is 11.6. The van der Waals surface area contributed by atoms with Crippen LogP contribution in [-0.4, -0.2) is 19.2 Å². The Labute approximate surface area is 130 Å². The quantitative estimate of drug-likeness (QED) is 0.866. The topological polar surface area (TPSA) is 46.2 Å². The van der Waals surface area contributed by atoms with Gasteiger partial charge in [0, 0.05) is 5.54 Å². The minimum atomic E-state index is -3.16. The molecule has 0 aromatic carbocycles. The molecule has 0 saturated heterocycles. The van der Waals surface area contributed by atoms with Crippen molar-refractivity contribution in [3.8, 4) is 0 Å². The highest BCUT2D eigenvalue weighted by atomic mass is 32.2. The van der Waals surface area contributed by atoms with Crippen LogP contribution in [0.4, 0.5) is 0 Å². The van der Waals surface area contributed by atoms with E-state index >= 15 is 0 Å². The first-order valence-electron chi connectivity index (χ1n) is 8.55. The summed E-state index contributed by atoms with van der Waals surface area (Å²) in [6.45, 7) is 10.7. The van der Waals surface area contributed by atoms with Crippen LogP contribution in [0.2, 0.25) is 0 Å². The number of nitrogens with one attached hydrogen (secondary N) is 1. The van der Waals surface area contributed by atoms with E-state index in [0.717, 1.165) is 31.1 Å². The SMILES string of the molecule is CC(C)S(=O)(=O)NC12CC3CC(C1)C(C(C)(C)C)C(C3)C2. The Balaban J connectivity index is 1.86. The molecule has 0 aromatic rings. The lowest BCUT2D eigenvalue weighted by molar-refractivity contribution is -0.0970. The standard InChI is InChI=1S/C17H31NO2S/c1-11(2)21(19,20)18-17-8-12-6-13(9-17)15(16(3,4)5)14(7-12)10-17/h11-15,18H,6-10H2,1-5H3. The van der Waals surface area contributed by atoms with Gasteiger partial charge in [-0.2, -0.15) is 0 Å². The normalized spacial score (nSPS) is 42.8. The van der Waals surface area contributed by atoms with Gasteiger partial charge in [0.15, 0.2) is 0 Å². The summed E-state index contributed by atoms with van der Waals surface area (Å²) in [6.07, 6.45) is 5.85. The molecular weight excluding hydrogens is 282 g/mol. The summed E-state index contributed by atoms with van der Waals surface area (Å²) in [6, 6.07) is 0. The van der Waals surface area contributed by atoms with Gasteiger partial charge in [0.25, 0.3) is 0 Å². The molecule has 4 bridgehead atoms. The predicted molar refractivity (Wildman–Crippen MR) is 86.4 cm³/mol. The summed E-state index contributed by atoms with van der Waals surface area (Å²) in [5, 5.41) is -0.330. The smallest absolute Gasteiger partial charge is 0.212 e. The maximum atomic E-state index is 12.4. The van der Waals surface area contributed by atoms with Crippen molar-refractivity contribution < 1.29 is 8.42 Å². The zero-order chi connectivity index (χ0) is 15.6. The van der Waals surface area contributed by atoms with Crippen molar-refractivity contribution in [2.45, 2.75) is 77.5 Å². The number of sulfonamides is 1. The Bertz CT molecular complexity index is 501. The van der Waals surface area contributed by atoms with Gasteiger partial charge in [-0.1, -0.05) is 20.8 Å². The lowest BCUT2D eigenvalue weighted by atomic mass is 9.45. The highest BCUT2D eigenvalue weighted by Crippen LogP contribution is 2.62. The fraction of sp³-hybridized carbons (Fsp3) is 1.00. The first-order chi connectivity index (χ1) is 9.52. The molecule has 0 amide bonds. The second-order valence-electron chi connectivity index (χ2n) is 9.34. The highest BCUT2D eigenvalue weighted by Gasteiger charge is 2.58. The molecule has 4 fully saturated rings. The molecule has 4 heteroatoms. The number of hydrogen-bond acceptors (Lipinski definition) is 2. The van der Waals surface area contributed by atoms with E-state index in [0.29, 0.717) is 17.3 Å². The van der Waals surface area contributed by atoms with Crippen LogP contribution < -0.4 is 4.72 Å². The lowest BCUT2D eigenvalue weighted by Gasteiger charge is -2.62. The van der Waals surface area contributed by atoms with Gasteiger partial charge in [-0.05, 0) is 75.0 Å². The minimum Gasteiger partial charge on any atom is -0.212 e. The fourth-order valence-electron chi connectivity index (χ4n) is 5.98. The molecule has 4 aliphatic carbocycles. The molecule has 0 radical (unpaired) electrons. The Morgan fingerprint density at radius 1 is 1.05 bits per heavy atom. The van der Waals surface area contributed by atoms with Gasteiger partial charge in [-0.3, -0.25) is 0 Å². The van der Waals surface area contributed by atoms with Gasteiger partial charge in [-0.15, -0.1) is 0 Å². The monoisotopic (exact) mass is 313 g/mol. The summed E-state index contributed by atoms with van der Waals surface area (Å²) >= 11 is 0. The van der Waals surface area contributed by atoms with Crippen LogP contribution in [0, 0.1) is 29.1 Å².